The third-order valence-electron chi connectivity index (χ3n) is 5.12. The maximum Gasteiger partial charge on any atom is 0.191 e. The smallest absolute Gasteiger partial charge is 0.191 e. The van der Waals surface area contributed by atoms with Crippen molar-refractivity contribution in [1.29, 1.82) is 0 Å². The first-order valence-corrected chi connectivity index (χ1v) is 10.6. The van der Waals surface area contributed by atoms with E-state index in [1.807, 2.05) is 35.9 Å². The highest BCUT2D eigenvalue weighted by Crippen LogP contribution is 2.26. The lowest BCUT2D eigenvalue weighted by Crippen LogP contribution is -2.31. The fourth-order valence-corrected chi connectivity index (χ4v) is 4.44. The molecular formula is C21H26N4OS. The molecular weight excluding hydrogens is 356 g/mol. The van der Waals surface area contributed by atoms with Crippen molar-refractivity contribution < 1.29 is 4.74 Å². The number of thioether (sulfide) groups is 1. The van der Waals surface area contributed by atoms with E-state index in [-0.39, 0.29) is 0 Å². The number of ether oxygens (including phenoxy) is 1. The maximum atomic E-state index is 6.06. The molecule has 3 aromatic rings. The number of rotatable bonds is 7. The lowest BCUT2D eigenvalue weighted by molar-refractivity contribution is 0.242. The minimum atomic E-state index is 0.421. The number of hydrogen-bond donors (Lipinski definition) is 0. The molecule has 0 unspecified atom stereocenters. The van der Waals surface area contributed by atoms with Crippen molar-refractivity contribution in [3.63, 3.8) is 0 Å². The summed E-state index contributed by atoms with van der Waals surface area (Å²) >= 11 is 1.78. The van der Waals surface area contributed by atoms with Crippen LogP contribution in [0.2, 0.25) is 0 Å². The lowest BCUT2D eigenvalue weighted by Gasteiger charge is -2.25. The van der Waals surface area contributed by atoms with Crippen molar-refractivity contribution in [2.24, 2.45) is 7.05 Å². The molecule has 0 aliphatic carbocycles. The molecule has 2 heterocycles. The van der Waals surface area contributed by atoms with Crippen LogP contribution in [0.15, 0.2) is 47.6 Å². The van der Waals surface area contributed by atoms with Crippen LogP contribution in [-0.2, 0) is 13.7 Å². The van der Waals surface area contributed by atoms with Crippen LogP contribution in [0.25, 0.3) is 10.8 Å². The topological polar surface area (TPSA) is 43.2 Å². The van der Waals surface area contributed by atoms with Gasteiger partial charge < -0.3 is 14.2 Å². The van der Waals surface area contributed by atoms with E-state index in [2.05, 4.69) is 33.3 Å². The van der Waals surface area contributed by atoms with Crippen molar-refractivity contribution in [2.75, 3.05) is 25.4 Å². The minimum absolute atomic E-state index is 0.421. The number of hydrogen-bond acceptors (Lipinski definition) is 5. The first kappa shape index (κ1) is 18.3. The molecule has 0 saturated carbocycles. The zero-order valence-electron chi connectivity index (χ0n) is 15.8. The fraction of sp³-hybridized carbons (Fsp3) is 0.429. The van der Waals surface area contributed by atoms with E-state index in [4.69, 9.17) is 4.74 Å². The van der Waals surface area contributed by atoms with Crippen molar-refractivity contribution in [3.8, 4) is 5.75 Å². The zero-order valence-corrected chi connectivity index (χ0v) is 16.6. The number of nitrogens with zero attached hydrogens (tertiary/aromatic N) is 4. The third kappa shape index (κ3) is 4.45. The monoisotopic (exact) mass is 382 g/mol. The quantitative estimate of drug-likeness (QED) is 0.575. The molecule has 0 bridgehead atoms. The van der Waals surface area contributed by atoms with Crippen LogP contribution in [0.5, 0.6) is 5.75 Å². The average molecular weight is 383 g/mol. The van der Waals surface area contributed by atoms with Gasteiger partial charge in [-0.15, -0.1) is 10.2 Å². The van der Waals surface area contributed by atoms with Gasteiger partial charge in [0.1, 0.15) is 12.4 Å². The second-order valence-electron chi connectivity index (χ2n) is 6.97. The molecule has 0 amide bonds. The number of benzene rings is 2. The predicted molar refractivity (Wildman–Crippen MR) is 110 cm³/mol. The summed E-state index contributed by atoms with van der Waals surface area (Å²) in [6, 6.07) is 14.4. The normalized spacial score (nSPS) is 15.3. The Bertz CT molecular complexity index is 884. The molecule has 0 N–H and O–H groups in total. The second-order valence-corrected chi connectivity index (χ2v) is 8.04. The summed E-state index contributed by atoms with van der Waals surface area (Å²) in [5.74, 6) is 2.79. The molecule has 1 aromatic heterocycles. The van der Waals surface area contributed by atoms with Crippen molar-refractivity contribution >= 4 is 22.5 Å². The van der Waals surface area contributed by atoms with Gasteiger partial charge in [0.05, 0.1) is 0 Å². The van der Waals surface area contributed by atoms with Crippen LogP contribution in [0.3, 0.4) is 0 Å². The molecule has 1 fully saturated rings. The van der Waals surface area contributed by atoms with Gasteiger partial charge in [-0.05, 0) is 37.4 Å². The van der Waals surface area contributed by atoms with Gasteiger partial charge in [-0.3, -0.25) is 0 Å². The average Bonchev–Trinajstić information content (AvgIpc) is 3.07. The highest BCUT2D eigenvalue weighted by Gasteiger charge is 2.13. The Balaban J connectivity index is 1.34. The van der Waals surface area contributed by atoms with E-state index in [0.29, 0.717) is 6.61 Å². The number of aromatic nitrogens is 3. The first-order chi connectivity index (χ1) is 13.3. The van der Waals surface area contributed by atoms with Gasteiger partial charge in [0.15, 0.2) is 11.0 Å². The Hall–Kier alpha value is -2.05. The Labute approximate surface area is 164 Å². The molecule has 1 aliphatic rings. The SMILES string of the molecule is Cn1c(COc2cccc3ccccc23)nnc1SCCN1CCCCC1. The van der Waals surface area contributed by atoms with Gasteiger partial charge in [-0.25, -0.2) is 0 Å². The first-order valence-electron chi connectivity index (χ1n) is 9.65. The summed E-state index contributed by atoms with van der Waals surface area (Å²) in [6.45, 7) is 4.02. The van der Waals surface area contributed by atoms with Crippen LogP contribution in [0, 0.1) is 0 Å². The van der Waals surface area contributed by atoms with Crippen molar-refractivity contribution in [3.05, 3.63) is 48.3 Å². The van der Waals surface area contributed by atoms with E-state index >= 15 is 0 Å². The summed E-state index contributed by atoms with van der Waals surface area (Å²) < 4.78 is 8.11. The van der Waals surface area contributed by atoms with Crippen molar-refractivity contribution in [2.45, 2.75) is 31.0 Å². The van der Waals surface area contributed by atoms with Crippen LogP contribution < -0.4 is 4.74 Å². The predicted octanol–water partition coefficient (Wildman–Crippen LogP) is 4.13. The molecule has 142 valence electrons. The summed E-state index contributed by atoms with van der Waals surface area (Å²) in [7, 11) is 2.02. The molecule has 4 rings (SSSR count). The van der Waals surface area contributed by atoms with Gasteiger partial charge in [0, 0.05) is 24.7 Å². The van der Waals surface area contributed by atoms with Crippen LogP contribution in [-0.4, -0.2) is 45.1 Å². The molecule has 0 radical (unpaired) electrons. The summed E-state index contributed by atoms with van der Waals surface area (Å²) in [5.41, 5.74) is 0. The lowest BCUT2D eigenvalue weighted by atomic mass is 10.1. The van der Waals surface area contributed by atoms with E-state index in [0.717, 1.165) is 34.4 Å². The van der Waals surface area contributed by atoms with E-state index in [9.17, 15) is 0 Å². The molecule has 1 aliphatic heterocycles. The summed E-state index contributed by atoms with van der Waals surface area (Å²) in [5, 5.41) is 11.9. The molecule has 2 aromatic carbocycles. The molecule has 0 spiro atoms. The van der Waals surface area contributed by atoms with Crippen LogP contribution in [0.4, 0.5) is 0 Å². The number of fused-ring (bicyclic) bond motifs is 1. The van der Waals surface area contributed by atoms with Gasteiger partial charge in [0.2, 0.25) is 0 Å². The number of likely N-dealkylation sites (tertiary alicyclic amines) is 1. The van der Waals surface area contributed by atoms with Crippen LogP contribution >= 0.6 is 11.8 Å². The van der Waals surface area contributed by atoms with Gasteiger partial charge in [-0.2, -0.15) is 0 Å². The van der Waals surface area contributed by atoms with Gasteiger partial charge >= 0.3 is 0 Å². The maximum absolute atomic E-state index is 6.06. The highest BCUT2D eigenvalue weighted by molar-refractivity contribution is 7.99. The number of piperidine rings is 1. The Morgan fingerprint density at radius 1 is 1.00 bits per heavy atom. The Morgan fingerprint density at radius 3 is 2.70 bits per heavy atom. The molecule has 5 nitrogen and oxygen atoms in total. The van der Waals surface area contributed by atoms with E-state index < -0.39 is 0 Å². The minimum Gasteiger partial charge on any atom is -0.485 e. The summed E-state index contributed by atoms with van der Waals surface area (Å²) in [6.07, 6.45) is 4.06. The van der Waals surface area contributed by atoms with Gasteiger partial charge in [-0.1, -0.05) is 54.6 Å². The standard InChI is InChI=1S/C21H26N4OS/c1-24-20(16-26-19-11-7-9-17-8-3-4-10-18(17)19)22-23-21(24)27-15-14-25-12-5-2-6-13-25/h3-4,7-11H,2,5-6,12-16H2,1H3. The van der Waals surface area contributed by atoms with Gasteiger partial charge in [0.25, 0.3) is 0 Å². The largest absolute Gasteiger partial charge is 0.485 e. The van der Waals surface area contributed by atoms with E-state index in [1.54, 1.807) is 11.8 Å². The van der Waals surface area contributed by atoms with Crippen LogP contribution in [0.1, 0.15) is 25.1 Å². The van der Waals surface area contributed by atoms with Crippen molar-refractivity contribution in [1.82, 2.24) is 19.7 Å². The molecule has 0 atom stereocenters. The highest BCUT2D eigenvalue weighted by atomic mass is 32.2. The second kappa shape index (κ2) is 8.76. The molecule has 1 saturated heterocycles. The Kier molecular flexibility index (Phi) is 5.94. The summed E-state index contributed by atoms with van der Waals surface area (Å²) in [4.78, 5) is 2.55. The zero-order chi connectivity index (χ0) is 18.5. The fourth-order valence-electron chi connectivity index (χ4n) is 3.51. The molecule has 27 heavy (non-hydrogen) atoms. The van der Waals surface area contributed by atoms with E-state index in [1.165, 1.54) is 37.7 Å². The third-order valence-corrected chi connectivity index (χ3v) is 6.12. The Morgan fingerprint density at radius 2 is 1.81 bits per heavy atom. The molecule has 6 heteroatoms.